The van der Waals surface area contributed by atoms with Crippen molar-refractivity contribution in [3.8, 4) is 0 Å². The Morgan fingerprint density at radius 1 is 0.789 bits per heavy atom. The van der Waals surface area contributed by atoms with Crippen LogP contribution in [0.2, 0.25) is 5.21 Å². The average Bonchev–Trinajstić information content (AvgIpc) is 2.49. The molecule has 19 heavy (non-hydrogen) atoms. The molecule has 0 aliphatic heterocycles. The summed E-state index contributed by atoms with van der Waals surface area (Å²) in [6.07, 6.45) is 3.38. The van der Waals surface area contributed by atoms with E-state index < -0.39 is 13.5 Å². The number of rotatable bonds is 6. The molecule has 2 aromatic rings. The van der Waals surface area contributed by atoms with Gasteiger partial charge in [0.15, 0.2) is 0 Å². The Morgan fingerprint density at radius 3 is 1.68 bits per heavy atom. The second kappa shape index (κ2) is 6.82. The third-order valence-corrected chi connectivity index (χ3v) is 10.2. The van der Waals surface area contributed by atoms with Crippen molar-refractivity contribution in [1.29, 1.82) is 0 Å². The molecule has 0 unspecified atom stereocenters. The molecule has 100 valence electrons. The van der Waals surface area contributed by atoms with Gasteiger partial charge < -0.3 is 0 Å². The number of benzene rings is 2. The summed E-state index contributed by atoms with van der Waals surface area (Å²) >= 11 is -3.19. The van der Waals surface area contributed by atoms with Crippen LogP contribution in [0, 0.1) is 0 Å². The summed E-state index contributed by atoms with van der Waals surface area (Å²) in [7, 11) is 0. The molecule has 0 fully saturated rings. The van der Waals surface area contributed by atoms with E-state index >= 15 is 0 Å². The van der Waals surface area contributed by atoms with Crippen molar-refractivity contribution in [2.45, 2.75) is 31.4 Å². The van der Waals surface area contributed by atoms with Gasteiger partial charge in [-0.2, -0.15) is 0 Å². The molecule has 0 aromatic heterocycles. The maximum absolute atomic E-state index is 13.6. The van der Waals surface area contributed by atoms with Crippen molar-refractivity contribution in [3.05, 3.63) is 60.7 Å². The molecule has 2 aromatic carbocycles. The van der Waals surface area contributed by atoms with E-state index in [0.29, 0.717) is 0 Å². The van der Waals surface area contributed by atoms with E-state index in [1.54, 1.807) is 0 Å². The van der Waals surface area contributed by atoms with Crippen LogP contribution in [0.15, 0.2) is 60.7 Å². The van der Waals surface area contributed by atoms with Gasteiger partial charge in [-0.15, -0.1) is 0 Å². The third-order valence-electron chi connectivity index (χ3n) is 3.42. The van der Waals surface area contributed by atoms with Gasteiger partial charge >= 0.3 is 118 Å². The van der Waals surface area contributed by atoms with Gasteiger partial charge in [-0.3, -0.25) is 0 Å². The molecule has 0 saturated heterocycles. The van der Waals surface area contributed by atoms with Gasteiger partial charge in [0, 0.05) is 0 Å². The monoisotopic (exact) mass is 316 g/mol. The van der Waals surface area contributed by atoms with Crippen LogP contribution >= 0.6 is 0 Å². The third kappa shape index (κ3) is 3.42. The van der Waals surface area contributed by atoms with Gasteiger partial charge in [0.1, 0.15) is 0 Å². The molecular formula is C17H21AsO. The Bertz CT molecular complexity index is 490. The first-order chi connectivity index (χ1) is 9.27. The summed E-state index contributed by atoms with van der Waals surface area (Å²) in [5.74, 6) is 0. The molecule has 1 nitrogen and oxygen atoms in total. The van der Waals surface area contributed by atoms with Gasteiger partial charge in [-0.05, 0) is 0 Å². The first kappa shape index (κ1) is 14.2. The van der Waals surface area contributed by atoms with Crippen molar-refractivity contribution in [2.24, 2.45) is 0 Å². The van der Waals surface area contributed by atoms with Crippen LogP contribution in [-0.2, 0) is 3.74 Å². The Morgan fingerprint density at radius 2 is 1.26 bits per heavy atom. The molecule has 0 heterocycles. The standard InChI is InChI=1S/C17H21AsO/c1-2-3-10-15-18(19,16-11-6-4-7-12-16)17-13-8-5-9-14-17/h4-9,11-14H,2-3,10,15H2,1H3. The Kier molecular flexibility index (Phi) is 5.10. The summed E-state index contributed by atoms with van der Waals surface area (Å²) in [5, 5.41) is 0.833. The van der Waals surface area contributed by atoms with E-state index in [4.69, 9.17) is 0 Å². The van der Waals surface area contributed by atoms with E-state index in [2.05, 4.69) is 6.92 Å². The quantitative estimate of drug-likeness (QED) is 0.590. The van der Waals surface area contributed by atoms with Gasteiger partial charge in [0.2, 0.25) is 0 Å². The minimum absolute atomic E-state index is 0.833. The van der Waals surface area contributed by atoms with Crippen LogP contribution in [-0.4, -0.2) is 13.5 Å². The molecule has 0 atom stereocenters. The Labute approximate surface area is 118 Å². The van der Waals surface area contributed by atoms with Crippen LogP contribution < -0.4 is 8.70 Å². The first-order valence-corrected chi connectivity index (χ1v) is 10.9. The van der Waals surface area contributed by atoms with E-state index in [-0.39, 0.29) is 0 Å². The molecule has 2 heteroatoms. The second-order valence-corrected chi connectivity index (χ2v) is 11.1. The molecular weight excluding hydrogens is 295 g/mol. The SMILES string of the molecule is CCCCC[As](=O)(c1ccccc1)c1ccccc1. The van der Waals surface area contributed by atoms with E-state index in [1.807, 2.05) is 60.7 Å². The predicted molar refractivity (Wildman–Crippen MR) is 82.9 cm³/mol. The van der Waals surface area contributed by atoms with E-state index in [1.165, 1.54) is 6.42 Å². The van der Waals surface area contributed by atoms with Crippen molar-refractivity contribution < 1.29 is 3.74 Å². The van der Waals surface area contributed by atoms with Crippen LogP contribution in [0.5, 0.6) is 0 Å². The zero-order valence-corrected chi connectivity index (χ0v) is 13.3. The van der Waals surface area contributed by atoms with Crippen LogP contribution in [0.3, 0.4) is 0 Å². The molecule has 0 aliphatic carbocycles. The molecule has 0 amide bonds. The zero-order valence-electron chi connectivity index (χ0n) is 11.5. The van der Waals surface area contributed by atoms with Gasteiger partial charge in [-0.1, -0.05) is 0 Å². The van der Waals surface area contributed by atoms with Gasteiger partial charge in [0.05, 0.1) is 0 Å². The fraction of sp³-hybridized carbons (Fsp3) is 0.294. The molecule has 2 rings (SSSR count). The summed E-state index contributed by atoms with van der Waals surface area (Å²) in [6, 6.07) is 20.0. The minimum atomic E-state index is -3.19. The fourth-order valence-corrected chi connectivity index (χ4v) is 8.18. The first-order valence-electron chi connectivity index (χ1n) is 6.97. The van der Waals surface area contributed by atoms with Crippen molar-refractivity contribution >= 4 is 22.2 Å². The topological polar surface area (TPSA) is 17.1 Å². The summed E-state index contributed by atoms with van der Waals surface area (Å²) in [6.45, 7) is 2.18. The van der Waals surface area contributed by atoms with Crippen LogP contribution in [0.4, 0.5) is 0 Å². The van der Waals surface area contributed by atoms with E-state index in [0.717, 1.165) is 26.8 Å². The number of hydrogen-bond acceptors (Lipinski definition) is 1. The van der Waals surface area contributed by atoms with Crippen molar-refractivity contribution in [1.82, 2.24) is 0 Å². The van der Waals surface area contributed by atoms with Gasteiger partial charge in [-0.25, -0.2) is 0 Å². The molecule has 0 N–H and O–H groups in total. The van der Waals surface area contributed by atoms with Crippen molar-refractivity contribution in [3.63, 3.8) is 0 Å². The molecule has 0 saturated carbocycles. The maximum atomic E-state index is 13.6. The fourth-order valence-electron chi connectivity index (χ4n) is 2.33. The summed E-state index contributed by atoms with van der Waals surface area (Å²) < 4.78 is 15.6. The Balaban J connectivity index is 2.36. The molecule has 0 aliphatic rings. The average molecular weight is 316 g/mol. The predicted octanol–water partition coefficient (Wildman–Crippen LogP) is 3.37. The second-order valence-electron chi connectivity index (χ2n) is 4.84. The van der Waals surface area contributed by atoms with Crippen LogP contribution in [0.1, 0.15) is 26.2 Å². The normalized spacial score (nSPS) is 11.4. The Hall–Kier alpha value is -1.20. The van der Waals surface area contributed by atoms with Crippen LogP contribution in [0.25, 0.3) is 0 Å². The van der Waals surface area contributed by atoms with E-state index in [9.17, 15) is 3.74 Å². The molecule has 0 bridgehead atoms. The molecule has 0 spiro atoms. The molecule has 0 radical (unpaired) electrons. The summed E-state index contributed by atoms with van der Waals surface area (Å²) in [5.41, 5.74) is 0. The number of unbranched alkanes of at least 4 members (excludes halogenated alkanes) is 2. The van der Waals surface area contributed by atoms with Crippen molar-refractivity contribution in [2.75, 3.05) is 0 Å². The van der Waals surface area contributed by atoms with Gasteiger partial charge in [0.25, 0.3) is 0 Å². The summed E-state index contributed by atoms with van der Waals surface area (Å²) in [4.78, 5) is 0. The number of hydrogen-bond donors (Lipinski definition) is 0. The zero-order chi connectivity index (χ0) is 13.6.